The van der Waals surface area contributed by atoms with Gasteiger partial charge in [-0.25, -0.2) is 4.39 Å². The molecule has 5 heteroatoms. The topological polar surface area (TPSA) is 37.4 Å². The van der Waals surface area contributed by atoms with Gasteiger partial charge in [-0.05, 0) is 49.1 Å². The van der Waals surface area contributed by atoms with E-state index in [1.807, 2.05) is 13.0 Å². The van der Waals surface area contributed by atoms with E-state index in [9.17, 15) is 14.0 Å². The average molecular weight is 331 g/mol. The molecule has 0 saturated carbocycles. The van der Waals surface area contributed by atoms with Crippen molar-refractivity contribution in [3.8, 4) is 0 Å². The van der Waals surface area contributed by atoms with E-state index in [2.05, 4.69) is 0 Å². The zero-order chi connectivity index (χ0) is 16.8. The van der Waals surface area contributed by atoms with Gasteiger partial charge in [-0.3, -0.25) is 14.5 Å². The van der Waals surface area contributed by atoms with Gasteiger partial charge >= 0.3 is 0 Å². The molecule has 0 aliphatic heterocycles. The molecular weight excluding hydrogens is 313 g/mol. The summed E-state index contributed by atoms with van der Waals surface area (Å²) in [5, 5.41) is -0.0962. The highest BCUT2D eigenvalue weighted by Crippen LogP contribution is 2.23. The van der Waals surface area contributed by atoms with Crippen LogP contribution in [0.4, 0.5) is 10.1 Å². The molecule has 0 aliphatic rings. The number of amides is 1. The van der Waals surface area contributed by atoms with E-state index in [4.69, 9.17) is 0 Å². The summed E-state index contributed by atoms with van der Waals surface area (Å²) in [4.78, 5) is 26.5. The number of hydrogen-bond donors (Lipinski definition) is 0. The number of nitrogens with zero attached hydrogens (tertiary/aromatic N) is 1. The third-order valence-electron chi connectivity index (χ3n) is 3.36. The van der Waals surface area contributed by atoms with Crippen molar-refractivity contribution in [2.24, 2.45) is 0 Å². The molecule has 3 nitrogen and oxygen atoms in total. The first-order chi connectivity index (χ1) is 11.0. The maximum atomic E-state index is 13.2. The smallest absolute Gasteiger partial charge is 0.258 e. The van der Waals surface area contributed by atoms with Crippen molar-refractivity contribution in [3.63, 3.8) is 0 Å². The van der Waals surface area contributed by atoms with Gasteiger partial charge in [0.25, 0.3) is 5.91 Å². The van der Waals surface area contributed by atoms with Crippen molar-refractivity contribution < 1.29 is 14.0 Å². The van der Waals surface area contributed by atoms with Crippen molar-refractivity contribution in [3.05, 3.63) is 66.0 Å². The van der Waals surface area contributed by atoms with Crippen LogP contribution in [0, 0.1) is 5.82 Å². The minimum atomic E-state index is -0.641. The van der Waals surface area contributed by atoms with Crippen LogP contribution >= 0.6 is 11.8 Å². The Kier molecular flexibility index (Phi) is 5.93. The molecule has 2 aromatic carbocycles. The molecule has 2 aromatic rings. The summed E-state index contributed by atoms with van der Waals surface area (Å²) in [7, 11) is 0. The Balaban J connectivity index is 2.40. The molecule has 0 saturated heterocycles. The van der Waals surface area contributed by atoms with Crippen molar-refractivity contribution in [2.75, 3.05) is 10.7 Å². The third kappa shape index (κ3) is 4.20. The number of thioether (sulfide) groups is 1. The SMILES string of the molecule is CCSC(=O)C(C)N(C(=O)c1ccccc1)c1ccc(F)cc1. The van der Waals surface area contributed by atoms with Crippen LogP contribution in [0.2, 0.25) is 0 Å². The van der Waals surface area contributed by atoms with Crippen molar-refractivity contribution in [1.29, 1.82) is 0 Å². The Bertz CT molecular complexity index is 673. The van der Waals surface area contributed by atoms with E-state index in [0.29, 0.717) is 17.0 Å². The number of halogens is 1. The average Bonchev–Trinajstić information content (AvgIpc) is 2.57. The van der Waals surface area contributed by atoms with Crippen LogP contribution in [0.5, 0.6) is 0 Å². The Morgan fingerprint density at radius 1 is 1.09 bits per heavy atom. The van der Waals surface area contributed by atoms with Crippen molar-refractivity contribution in [1.82, 2.24) is 0 Å². The number of carbonyl (C=O) groups excluding carboxylic acids is 2. The molecule has 1 amide bonds. The summed E-state index contributed by atoms with van der Waals surface area (Å²) in [5.74, 6) is -0.0301. The maximum absolute atomic E-state index is 13.2. The summed E-state index contributed by atoms with van der Waals surface area (Å²) in [6.45, 7) is 3.58. The van der Waals surface area contributed by atoms with Crippen LogP contribution in [-0.2, 0) is 4.79 Å². The van der Waals surface area contributed by atoms with Crippen LogP contribution in [0.1, 0.15) is 24.2 Å². The van der Waals surface area contributed by atoms with E-state index in [1.54, 1.807) is 31.2 Å². The van der Waals surface area contributed by atoms with Gasteiger partial charge in [0.15, 0.2) is 0 Å². The number of carbonyl (C=O) groups is 2. The van der Waals surface area contributed by atoms with Gasteiger partial charge in [0.05, 0.1) is 0 Å². The first kappa shape index (κ1) is 17.2. The lowest BCUT2D eigenvalue weighted by Gasteiger charge is -2.28. The molecule has 0 spiro atoms. The predicted octanol–water partition coefficient (Wildman–Crippen LogP) is 4.14. The molecule has 0 bridgehead atoms. The first-order valence-electron chi connectivity index (χ1n) is 7.35. The summed E-state index contributed by atoms with van der Waals surface area (Å²) >= 11 is 1.17. The molecule has 1 unspecified atom stereocenters. The van der Waals surface area contributed by atoms with Gasteiger partial charge in [-0.15, -0.1) is 0 Å². The number of rotatable bonds is 5. The minimum Gasteiger partial charge on any atom is -0.297 e. The van der Waals surface area contributed by atoms with Gasteiger partial charge in [-0.1, -0.05) is 36.9 Å². The molecule has 0 aromatic heterocycles. The Hall–Kier alpha value is -2.14. The lowest BCUT2D eigenvalue weighted by molar-refractivity contribution is -0.111. The van der Waals surface area contributed by atoms with Crippen molar-refractivity contribution >= 4 is 28.5 Å². The fourth-order valence-electron chi connectivity index (χ4n) is 2.21. The number of hydrogen-bond acceptors (Lipinski definition) is 3. The third-order valence-corrected chi connectivity index (χ3v) is 4.27. The van der Waals surface area contributed by atoms with E-state index >= 15 is 0 Å². The Morgan fingerprint density at radius 2 is 1.70 bits per heavy atom. The highest BCUT2D eigenvalue weighted by Gasteiger charge is 2.28. The zero-order valence-corrected chi connectivity index (χ0v) is 13.8. The van der Waals surface area contributed by atoms with E-state index in [-0.39, 0.29) is 16.8 Å². The van der Waals surface area contributed by atoms with Gasteiger partial charge < -0.3 is 0 Å². The normalized spacial score (nSPS) is 11.8. The molecule has 0 heterocycles. The molecule has 0 aliphatic carbocycles. The minimum absolute atomic E-state index is 0.0962. The van der Waals surface area contributed by atoms with E-state index in [0.717, 1.165) is 0 Å². The Morgan fingerprint density at radius 3 is 2.26 bits per heavy atom. The van der Waals surface area contributed by atoms with Gasteiger partial charge in [-0.2, -0.15) is 0 Å². The molecule has 0 N–H and O–H groups in total. The second-order valence-corrected chi connectivity index (χ2v) is 6.21. The van der Waals surface area contributed by atoms with Crippen LogP contribution in [0.15, 0.2) is 54.6 Å². The fraction of sp³-hybridized carbons (Fsp3) is 0.222. The molecule has 120 valence electrons. The molecule has 2 rings (SSSR count). The molecule has 0 fully saturated rings. The first-order valence-corrected chi connectivity index (χ1v) is 8.34. The van der Waals surface area contributed by atoms with Gasteiger partial charge in [0.1, 0.15) is 11.9 Å². The van der Waals surface area contributed by atoms with Gasteiger partial charge in [0, 0.05) is 11.3 Å². The van der Waals surface area contributed by atoms with Crippen LogP contribution in [-0.4, -0.2) is 22.8 Å². The molecule has 1 atom stereocenters. The lowest BCUT2D eigenvalue weighted by Crippen LogP contribution is -2.42. The second-order valence-electron chi connectivity index (χ2n) is 4.95. The van der Waals surface area contributed by atoms with Gasteiger partial charge in [0.2, 0.25) is 5.12 Å². The van der Waals surface area contributed by atoms with Crippen LogP contribution in [0.3, 0.4) is 0 Å². The van der Waals surface area contributed by atoms with E-state index in [1.165, 1.54) is 40.9 Å². The lowest BCUT2D eigenvalue weighted by atomic mass is 10.1. The summed E-state index contributed by atoms with van der Waals surface area (Å²) in [6, 6.07) is 13.7. The summed E-state index contributed by atoms with van der Waals surface area (Å²) < 4.78 is 13.2. The quantitative estimate of drug-likeness (QED) is 0.826. The predicted molar refractivity (Wildman–Crippen MR) is 92.3 cm³/mol. The monoisotopic (exact) mass is 331 g/mol. The van der Waals surface area contributed by atoms with Crippen LogP contribution in [0.25, 0.3) is 0 Å². The van der Waals surface area contributed by atoms with Crippen molar-refractivity contribution in [2.45, 2.75) is 19.9 Å². The van der Waals surface area contributed by atoms with E-state index < -0.39 is 6.04 Å². The largest absolute Gasteiger partial charge is 0.297 e. The zero-order valence-electron chi connectivity index (χ0n) is 13.0. The Labute approximate surface area is 139 Å². The number of anilines is 1. The summed E-state index contributed by atoms with van der Waals surface area (Å²) in [5.41, 5.74) is 0.982. The highest BCUT2D eigenvalue weighted by atomic mass is 32.2. The van der Waals surface area contributed by atoms with Crippen LogP contribution < -0.4 is 4.90 Å². The maximum Gasteiger partial charge on any atom is 0.258 e. The molecule has 23 heavy (non-hydrogen) atoms. The molecule has 0 radical (unpaired) electrons. The number of benzene rings is 2. The second kappa shape index (κ2) is 7.92. The standard InChI is InChI=1S/C18H18FNO2S/c1-3-23-18(22)13(2)20(16-11-9-15(19)10-12-16)17(21)14-7-5-4-6-8-14/h4-13H,3H2,1-2H3. The molecular formula is C18H18FNO2S. The summed E-state index contributed by atoms with van der Waals surface area (Å²) in [6.07, 6.45) is 0. The fourth-order valence-corrected chi connectivity index (χ4v) is 2.84. The highest BCUT2D eigenvalue weighted by molar-refractivity contribution is 8.13.